The molecule has 1 fully saturated rings. The van der Waals surface area contributed by atoms with E-state index in [0.717, 1.165) is 15.2 Å². The molecule has 0 aliphatic carbocycles. The number of thiazole rings is 1. The summed E-state index contributed by atoms with van der Waals surface area (Å²) < 4.78 is 23.8. The molecule has 2 aromatic rings. The van der Waals surface area contributed by atoms with Crippen LogP contribution in [0.4, 0.5) is 0 Å². The predicted octanol–water partition coefficient (Wildman–Crippen LogP) is 1.84. The van der Waals surface area contributed by atoms with E-state index < -0.39 is 9.84 Å². The lowest BCUT2D eigenvalue weighted by Crippen LogP contribution is -2.18. The number of para-hydroxylation sites is 1. The molecular formula is C13H13NO3S2. The van der Waals surface area contributed by atoms with Crippen molar-refractivity contribution in [3.8, 4) is 0 Å². The van der Waals surface area contributed by atoms with Gasteiger partial charge in [-0.3, -0.25) is 4.79 Å². The van der Waals surface area contributed by atoms with Gasteiger partial charge in [0.05, 0.1) is 28.1 Å². The number of Topliss-reactive ketones (excluding diaryl/α,β-unsaturated/α-hetero) is 1. The molecule has 6 heteroatoms. The Morgan fingerprint density at radius 1 is 1.37 bits per heavy atom. The highest BCUT2D eigenvalue weighted by Crippen LogP contribution is 2.25. The second kappa shape index (κ2) is 4.68. The van der Waals surface area contributed by atoms with Gasteiger partial charge in [0.2, 0.25) is 0 Å². The molecular weight excluding hydrogens is 282 g/mol. The molecule has 1 unspecified atom stereocenters. The van der Waals surface area contributed by atoms with Crippen molar-refractivity contribution >= 4 is 37.2 Å². The van der Waals surface area contributed by atoms with Crippen LogP contribution in [0.2, 0.25) is 0 Å². The van der Waals surface area contributed by atoms with Crippen LogP contribution in [-0.4, -0.2) is 30.7 Å². The minimum atomic E-state index is -3.00. The first-order valence-corrected chi connectivity index (χ1v) is 8.75. The standard InChI is InChI=1S/C13H13NO3S2/c15-11(9-5-6-19(16,17)8-9)7-13-14-10-3-1-2-4-12(10)18-13/h1-4,9H,5-8H2. The Morgan fingerprint density at radius 2 is 2.16 bits per heavy atom. The maximum absolute atomic E-state index is 12.1. The van der Waals surface area contributed by atoms with E-state index in [0.29, 0.717) is 6.42 Å². The van der Waals surface area contributed by atoms with E-state index >= 15 is 0 Å². The first-order valence-electron chi connectivity index (χ1n) is 6.11. The number of ketones is 1. The summed E-state index contributed by atoms with van der Waals surface area (Å²) in [4.78, 5) is 16.5. The van der Waals surface area contributed by atoms with Crippen LogP contribution in [0.1, 0.15) is 11.4 Å². The Labute approximate surface area is 115 Å². The summed E-state index contributed by atoms with van der Waals surface area (Å²) in [6.45, 7) is 0. The number of benzene rings is 1. The fourth-order valence-electron chi connectivity index (χ4n) is 2.34. The highest BCUT2D eigenvalue weighted by Gasteiger charge is 2.32. The summed E-state index contributed by atoms with van der Waals surface area (Å²) in [6, 6.07) is 7.74. The lowest BCUT2D eigenvalue weighted by Gasteiger charge is -2.03. The van der Waals surface area contributed by atoms with Gasteiger partial charge in [-0.25, -0.2) is 13.4 Å². The Bertz CT molecular complexity index is 700. The highest BCUT2D eigenvalue weighted by molar-refractivity contribution is 7.91. The molecule has 100 valence electrons. The van der Waals surface area contributed by atoms with Crippen LogP contribution in [-0.2, 0) is 21.1 Å². The zero-order valence-electron chi connectivity index (χ0n) is 10.2. The van der Waals surface area contributed by atoms with E-state index in [1.54, 1.807) is 0 Å². The van der Waals surface area contributed by atoms with Crippen molar-refractivity contribution in [2.45, 2.75) is 12.8 Å². The van der Waals surface area contributed by atoms with Crippen molar-refractivity contribution in [1.82, 2.24) is 4.98 Å². The van der Waals surface area contributed by atoms with Crippen LogP contribution in [0.3, 0.4) is 0 Å². The molecule has 1 saturated heterocycles. The molecule has 3 rings (SSSR count). The summed E-state index contributed by atoms with van der Waals surface area (Å²) in [5.74, 6) is -0.183. The number of fused-ring (bicyclic) bond motifs is 1. The van der Waals surface area contributed by atoms with Gasteiger partial charge >= 0.3 is 0 Å². The van der Waals surface area contributed by atoms with Gasteiger partial charge in [-0.2, -0.15) is 0 Å². The van der Waals surface area contributed by atoms with Gasteiger partial charge in [-0.15, -0.1) is 11.3 Å². The molecule has 0 radical (unpaired) electrons. The minimum absolute atomic E-state index is 0.000121. The Morgan fingerprint density at radius 3 is 2.84 bits per heavy atom. The lowest BCUT2D eigenvalue weighted by molar-refractivity contribution is -0.121. The van der Waals surface area contributed by atoms with Gasteiger partial charge in [0.15, 0.2) is 9.84 Å². The third kappa shape index (κ3) is 2.69. The van der Waals surface area contributed by atoms with E-state index in [1.165, 1.54) is 11.3 Å². The number of nitrogens with zero attached hydrogens (tertiary/aromatic N) is 1. The molecule has 2 heterocycles. The maximum atomic E-state index is 12.1. The van der Waals surface area contributed by atoms with Gasteiger partial charge in [0.25, 0.3) is 0 Å². The molecule has 1 aliphatic rings. The maximum Gasteiger partial charge on any atom is 0.151 e. The molecule has 1 atom stereocenters. The number of sulfone groups is 1. The van der Waals surface area contributed by atoms with E-state index in [4.69, 9.17) is 0 Å². The number of aromatic nitrogens is 1. The van der Waals surface area contributed by atoms with Crippen LogP contribution < -0.4 is 0 Å². The van der Waals surface area contributed by atoms with Gasteiger partial charge in [-0.05, 0) is 18.6 Å². The number of carbonyl (C=O) groups excluding carboxylic acids is 1. The van der Waals surface area contributed by atoms with E-state index in [9.17, 15) is 13.2 Å². The molecule has 0 amide bonds. The molecule has 1 aromatic heterocycles. The van der Waals surface area contributed by atoms with Crippen molar-refractivity contribution in [2.75, 3.05) is 11.5 Å². The Hall–Kier alpha value is -1.27. The van der Waals surface area contributed by atoms with Crippen LogP contribution in [0, 0.1) is 5.92 Å². The topological polar surface area (TPSA) is 64.1 Å². The van der Waals surface area contributed by atoms with Crippen LogP contribution in [0.5, 0.6) is 0 Å². The minimum Gasteiger partial charge on any atom is -0.299 e. The van der Waals surface area contributed by atoms with E-state index in [1.807, 2.05) is 24.3 Å². The number of hydrogen-bond acceptors (Lipinski definition) is 5. The fourth-order valence-corrected chi connectivity index (χ4v) is 5.09. The first-order chi connectivity index (χ1) is 9.03. The molecule has 0 bridgehead atoms. The van der Waals surface area contributed by atoms with E-state index in [-0.39, 0.29) is 29.6 Å². The second-order valence-corrected chi connectivity index (χ2v) is 8.16. The van der Waals surface area contributed by atoms with Crippen LogP contribution in [0.25, 0.3) is 10.2 Å². The summed E-state index contributed by atoms with van der Waals surface area (Å²) >= 11 is 1.50. The van der Waals surface area contributed by atoms with Crippen molar-refractivity contribution in [1.29, 1.82) is 0 Å². The van der Waals surface area contributed by atoms with Crippen molar-refractivity contribution in [2.24, 2.45) is 5.92 Å². The number of carbonyl (C=O) groups is 1. The molecule has 0 spiro atoms. The molecule has 1 aromatic carbocycles. The third-order valence-electron chi connectivity index (χ3n) is 3.35. The lowest BCUT2D eigenvalue weighted by atomic mass is 10.0. The van der Waals surface area contributed by atoms with Gasteiger partial charge in [-0.1, -0.05) is 12.1 Å². The normalized spacial score (nSPS) is 21.8. The van der Waals surface area contributed by atoms with Crippen molar-refractivity contribution in [3.63, 3.8) is 0 Å². The predicted molar refractivity (Wildman–Crippen MR) is 75.1 cm³/mol. The Kier molecular flexibility index (Phi) is 3.14. The fraction of sp³-hybridized carbons (Fsp3) is 0.385. The van der Waals surface area contributed by atoms with Gasteiger partial charge < -0.3 is 0 Å². The zero-order chi connectivity index (χ0) is 13.5. The van der Waals surface area contributed by atoms with Crippen molar-refractivity contribution in [3.05, 3.63) is 29.3 Å². The molecule has 1 aliphatic heterocycles. The largest absolute Gasteiger partial charge is 0.299 e. The third-order valence-corrected chi connectivity index (χ3v) is 6.16. The smallest absolute Gasteiger partial charge is 0.151 e. The summed E-state index contributed by atoms with van der Waals surface area (Å²) in [6.07, 6.45) is 0.714. The number of hydrogen-bond donors (Lipinski definition) is 0. The zero-order valence-corrected chi connectivity index (χ0v) is 11.8. The Balaban J connectivity index is 1.76. The second-order valence-electron chi connectivity index (χ2n) is 4.82. The van der Waals surface area contributed by atoms with E-state index in [2.05, 4.69) is 4.98 Å². The quantitative estimate of drug-likeness (QED) is 0.866. The summed E-state index contributed by atoms with van der Waals surface area (Å²) in [5.41, 5.74) is 0.898. The van der Waals surface area contributed by atoms with Gasteiger partial charge in [0.1, 0.15) is 10.8 Å². The van der Waals surface area contributed by atoms with Crippen LogP contribution >= 0.6 is 11.3 Å². The van der Waals surface area contributed by atoms with Gasteiger partial charge in [0, 0.05) is 5.92 Å². The highest BCUT2D eigenvalue weighted by atomic mass is 32.2. The monoisotopic (exact) mass is 295 g/mol. The summed E-state index contributed by atoms with van der Waals surface area (Å²) in [7, 11) is -3.00. The number of rotatable bonds is 3. The molecule has 19 heavy (non-hydrogen) atoms. The average Bonchev–Trinajstić information content (AvgIpc) is 2.91. The average molecular weight is 295 g/mol. The SMILES string of the molecule is O=C(Cc1nc2ccccc2s1)C1CCS(=O)(=O)C1. The van der Waals surface area contributed by atoms with Crippen molar-refractivity contribution < 1.29 is 13.2 Å². The molecule has 4 nitrogen and oxygen atoms in total. The first kappa shape index (κ1) is 12.7. The summed E-state index contributed by atoms with van der Waals surface area (Å²) in [5, 5.41) is 0.774. The molecule has 0 N–H and O–H groups in total. The molecule has 0 saturated carbocycles. The van der Waals surface area contributed by atoms with Crippen LogP contribution in [0.15, 0.2) is 24.3 Å².